The number of hydrogen-bond donors (Lipinski definition) is 1. The molecule has 0 saturated heterocycles. The number of benzene rings is 2. The van der Waals surface area contributed by atoms with E-state index in [0.29, 0.717) is 17.5 Å². The maximum Gasteiger partial charge on any atom is 0.336 e. The largest absolute Gasteiger partial charge is 0.478 e. The maximum atomic E-state index is 12.1. The van der Waals surface area contributed by atoms with Gasteiger partial charge in [0.25, 0.3) is 0 Å². The lowest BCUT2D eigenvalue weighted by Gasteiger charge is -2.28. The van der Waals surface area contributed by atoms with E-state index < -0.39 is 5.97 Å². The zero-order chi connectivity index (χ0) is 19.0. The average molecular weight is 358 g/mol. The molecular formula is C23H22N2O2. The summed E-state index contributed by atoms with van der Waals surface area (Å²) in [5.41, 5.74) is 6.16. The van der Waals surface area contributed by atoms with Gasteiger partial charge in [-0.1, -0.05) is 49.4 Å². The predicted molar refractivity (Wildman–Crippen MR) is 109 cm³/mol. The number of carboxylic acids is 1. The third kappa shape index (κ3) is 3.24. The van der Waals surface area contributed by atoms with Crippen LogP contribution < -0.4 is 0 Å². The van der Waals surface area contributed by atoms with E-state index in [1.807, 2.05) is 31.3 Å². The zero-order valence-corrected chi connectivity index (χ0v) is 15.6. The highest BCUT2D eigenvalue weighted by molar-refractivity contribution is 6.05. The standard InChI is InChI=1S/C23H22N2O2/c1-3-15-8-10-16(11-9-15)12-17-13-25(2)14-19-21(23(26)27)18-6-4-5-7-20(18)24-22(17)19/h4-12H,3,13-14H2,1-2H3,(H,26,27). The molecule has 0 bridgehead atoms. The SMILES string of the molecule is CCc1ccc(C=C2CN(C)Cc3c2nc2ccccc2c3C(=O)O)cc1. The molecule has 4 nitrogen and oxygen atoms in total. The summed E-state index contributed by atoms with van der Waals surface area (Å²) in [6.45, 7) is 3.47. The first-order chi connectivity index (χ1) is 13.1. The third-order valence-corrected chi connectivity index (χ3v) is 5.11. The van der Waals surface area contributed by atoms with Crippen LogP contribution in [0.5, 0.6) is 0 Å². The number of pyridine rings is 1. The number of carbonyl (C=O) groups is 1. The van der Waals surface area contributed by atoms with Crippen LogP contribution >= 0.6 is 0 Å². The summed E-state index contributed by atoms with van der Waals surface area (Å²) in [5.74, 6) is -0.896. The molecule has 0 spiro atoms. The lowest BCUT2D eigenvalue weighted by atomic mass is 9.92. The lowest BCUT2D eigenvalue weighted by Crippen LogP contribution is -2.28. The number of nitrogens with zero attached hydrogens (tertiary/aromatic N) is 2. The van der Waals surface area contributed by atoms with Crippen LogP contribution in [0.4, 0.5) is 0 Å². The van der Waals surface area contributed by atoms with Crippen LogP contribution in [-0.2, 0) is 13.0 Å². The van der Waals surface area contributed by atoms with Gasteiger partial charge in [0.1, 0.15) is 0 Å². The molecule has 4 rings (SSSR count). The van der Waals surface area contributed by atoms with E-state index in [1.165, 1.54) is 5.56 Å². The van der Waals surface area contributed by atoms with Gasteiger partial charge in [0.15, 0.2) is 0 Å². The number of carboxylic acid groups (broad SMARTS) is 1. The number of fused-ring (bicyclic) bond motifs is 2. The highest BCUT2D eigenvalue weighted by Crippen LogP contribution is 2.33. The molecule has 0 amide bonds. The summed E-state index contributed by atoms with van der Waals surface area (Å²) in [4.78, 5) is 19.0. The molecular weight excluding hydrogens is 336 g/mol. The molecule has 2 aromatic carbocycles. The second-order valence-electron chi connectivity index (χ2n) is 7.07. The van der Waals surface area contributed by atoms with Crippen LogP contribution in [0.3, 0.4) is 0 Å². The Morgan fingerprint density at radius 1 is 1.15 bits per heavy atom. The number of hydrogen-bond acceptors (Lipinski definition) is 3. The molecule has 136 valence electrons. The summed E-state index contributed by atoms with van der Waals surface area (Å²) in [6.07, 6.45) is 3.14. The fraction of sp³-hybridized carbons (Fsp3) is 0.217. The monoisotopic (exact) mass is 358 g/mol. The number of aromatic carboxylic acids is 1. The van der Waals surface area contributed by atoms with Gasteiger partial charge in [-0.25, -0.2) is 9.78 Å². The van der Waals surface area contributed by atoms with Crippen molar-refractivity contribution in [2.45, 2.75) is 19.9 Å². The van der Waals surface area contributed by atoms with Crippen LogP contribution in [-0.4, -0.2) is 34.6 Å². The molecule has 2 heterocycles. The van der Waals surface area contributed by atoms with Crippen molar-refractivity contribution in [3.63, 3.8) is 0 Å². The molecule has 0 fully saturated rings. The molecule has 1 aliphatic heterocycles. The van der Waals surface area contributed by atoms with E-state index in [9.17, 15) is 9.90 Å². The summed E-state index contributed by atoms with van der Waals surface area (Å²) in [5, 5.41) is 10.6. The van der Waals surface area contributed by atoms with Crippen LogP contribution in [0.15, 0.2) is 48.5 Å². The quantitative estimate of drug-likeness (QED) is 0.750. The third-order valence-electron chi connectivity index (χ3n) is 5.11. The van der Waals surface area contributed by atoms with Gasteiger partial charge in [0.05, 0.1) is 16.8 Å². The van der Waals surface area contributed by atoms with Gasteiger partial charge in [-0.05, 0) is 42.3 Å². The molecule has 0 radical (unpaired) electrons. The van der Waals surface area contributed by atoms with Crippen molar-refractivity contribution in [3.8, 4) is 0 Å². The molecule has 0 saturated carbocycles. The van der Waals surface area contributed by atoms with Gasteiger partial charge in [0.2, 0.25) is 0 Å². The van der Waals surface area contributed by atoms with Gasteiger partial charge in [-0.2, -0.15) is 0 Å². The molecule has 27 heavy (non-hydrogen) atoms. The van der Waals surface area contributed by atoms with Crippen molar-refractivity contribution in [1.82, 2.24) is 9.88 Å². The average Bonchev–Trinajstić information content (AvgIpc) is 2.66. The fourth-order valence-electron chi connectivity index (χ4n) is 3.77. The lowest BCUT2D eigenvalue weighted by molar-refractivity contribution is 0.0696. The van der Waals surface area contributed by atoms with Gasteiger partial charge in [0, 0.05) is 24.0 Å². The highest BCUT2D eigenvalue weighted by Gasteiger charge is 2.26. The molecule has 4 heteroatoms. The Hall–Kier alpha value is -2.98. The van der Waals surface area contributed by atoms with E-state index in [0.717, 1.165) is 40.9 Å². The van der Waals surface area contributed by atoms with Crippen molar-refractivity contribution in [1.29, 1.82) is 0 Å². The number of para-hydroxylation sites is 1. The molecule has 3 aromatic rings. The Morgan fingerprint density at radius 2 is 1.89 bits per heavy atom. The van der Waals surface area contributed by atoms with E-state index in [1.54, 1.807) is 0 Å². The summed E-state index contributed by atoms with van der Waals surface area (Å²) in [7, 11) is 2.01. The first kappa shape index (κ1) is 17.4. The van der Waals surface area contributed by atoms with Gasteiger partial charge in [-0.15, -0.1) is 0 Å². The minimum Gasteiger partial charge on any atom is -0.478 e. The first-order valence-corrected chi connectivity index (χ1v) is 9.20. The maximum absolute atomic E-state index is 12.1. The van der Waals surface area contributed by atoms with Crippen molar-refractivity contribution in [2.75, 3.05) is 13.6 Å². The van der Waals surface area contributed by atoms with E-state index in [4.69, 9.17) is 4.98 Å². The Balaban J connectivity index is 1.93. The van der Waals surface area contributed by atoms with Crippen LogP contribution in [0, 0.1) is 0 Å². The summed E-state index contributed by atoms with van der Waals surface area (Å²) < 4.78 is 0. The van der Waals surface area contributed by atoms with E-state index in [2.05, 4.69) is 42.2 Å². The van der Waals surface area contributed by atoms with Crippen molar-refractivity contribution >= 4 is 28.5 Å². The zero-order valence-electron chi connectivity index (χ0n) is 15.6. The van der Waals surface area contributed by atoms with Crippen molar-refractivity contribution in [3.05, 3.63) is 76.5 Å². The molecule has 0 unspecified atom stereocenters. The van der Waals surface area contributed by atoms with Gasteiger partial charge < -0.3 is 5.11 Å². The molecule has 1 N–H and O–H groups in total. The van der Waals surface area contributed by atoms with Crippen molar-refractivity contribution in [2.24, 2.45) is 0 Å². The van der Waals surface area contributed by atoms with Gasteiger partial charge in [-0.3, -0.25) is 4.90 Å². The van der Waals surface area contributed by atoms with Crippen LogP contribution in [0.1, 0.15) is 39.7 Å². The number of aryl methyl sites for hydroxylation is 1. The topological polar surface area (TPSA) is 53.4 Å². The van der Waals surface area contributed by atoms with E-state index in [-0.39, 0.29) is 0 Å². The minimum atomic E-state index is -0.896. The Morgan fingerprint density at radius 3 is 2.59 bits per heavy atom. The molecule has 0 aliphatic carbocycles. The second kappa shape index (κ2) is 6.97. The highest BCUT2D eigenvalue weighted by atomic mass is 16.4. The molecule has 0 atom stereocenters. The summed E-state index contributed by atoms with van der Waals surface area (Å²) >= 11 is 0. The van der Waals surface area contributed by atoms with Gasteiger partial charge >= 0.3 is 5.97 Å². The summed E-state index contributed by atoms with van der Waals surface area (Å²) in [6, 6.07) is 16.0. The van der Waals surface area contributed by atoms with Crippen molar-refractivity contribution < 1.29 is 9.90 Å². The van der Waals surface area contributed by atoms with E-state index >= 15 is 0 Å². The number of rotatable bonds is 3. The Bertz CT molecular complexity index is 1050. The van der Waals surface area contributed by atoms with Crippen LogP contribution in [0.25, 0.3) is 22.6 Å². The first-order valence-electron chi connectivity index (χ1n) is 9.20. The number of aromatic nitrogens is 1. The van der Waals surface area contributed by atoms with Crippen LogP contribution in [0.2, 0.25) is 0 Å². The predicted octanol–water partition coefficient (Wildman–Crippen LogP) is 4.48. The Labute approximate surface area is 158 Å². The second-order valence-corrected chi connectivity index (χ2v) is 7.07. The molecule has 1 aromatic heterocycles. The fourth-order valence-corrected chi connectivity index (χ4v) is 3.77. The smallest absolute Gasteiger partial charge is 0.336 e. The normalized spacial score (nSPS) is 15.9. The molecule has 1 aliphatic rings. The minimum absolute atomic E-state index is 0.370. The number of likely N-dealkylation sites (N-methyl/N-ethyl adjacent to an activating group) is 1. The Kier molecular flexibility index (Phi) is 4.50.